The van der Waals surface area contributed by atoms with Crippen molar-refractivity contribution >= 4 is 5.52 Å². The van der Waals surface area contributed by atoms with Gasteiger partial charge in [0, 0.05) is 12.1 Å². The molecule has 2 nitrogen and oxygen atoms in total. The van der Waals surface area contributed by atoms with Gasteiger partial charge in [-0.15, -0.1) is 0 Å². The van der Waals surface area contributed by atoms with Crippen LogP contribution in [0.4, 0.5) is 0 Å². The fourth-order valence-corrected chi connectivity index (χ4v) is 1.69. The van der Waals surface area contributed by atoms with Gasteiger partial charge in [-0.05, 0) is 25.5 Å². The van der Waals surface area contributed by atoms with Crippen LogP contribution in [0.15, 0.2) is 24.4 Å². The van der Waals surface area contributed by atoms with Crippen LogP contribution >= 0.6 is 0 Å². The van der Waals surface area contributed by atoms with E-state index in [0.717, 1.165) is 12.8 Å². The standard InChI is InChI=1S/C11H14N2/c1-3-5-11-12-8-10-7-4-6-9(2)13(10)11/h4,6-8H,3,5H2,1-2H3. The minimum atomic E-state index is 1.05. The molecule has 0 unspecified atom stereocenters. The molecule has 0 radical (unpaired) electrons. The Hall–Kier alpha value is -1.31. The molecule has 0 aliphatic heterocycles. The van der Waals surface area contributed by atoms with Crippen molar-refractivity contribution in [2.24, 2.45) is 0 Å². The molecule has 2 heteroatoms. The van der Waals surface area contributed by atoms with Crippen LogP contribution in [-0.4, -0.2) is 9.38 Å². The summed E-state index contributed by atoms with van der Waals surface area (Å²) in [4.78, 5) is 4.41. The average molecular weight is 174 g/mol. The van der Waals surface area contributed by atoms with Crippen LogP contribution in [0.5, 0.6) is 0 Å². The van der Waals surface area contributed by atoms with Gasteiger partial charge in [-0.1, -0.05) is 13.0 Å². The maximum absolute atomic E-state index is 4.41. The van der Waals surface area contributed by atoms with E-state index >= 15 is 0 Å². The summed E-state index contributed by atoms with van der Waals surface area (Å²) < 4.78 is 2.23. The molecule has 2 heterocycles. The monoisotopic (exact) mass is 174 g/mol. The molecule has 0 N–H and O–H groups in total. The lowest BCUT2D eigenvalue weighted by Crippen LogP contribution is -1.97. The summed E-state index contributed by atoms with van der Waals surface area (Å²) in [6.45, 7) is 4.30. The molecule has 0 amide bonds. The lowest BCUT2D eigenvalue weighted by Gasteiger charge is -2.02. The van der Waals surface area contributed by atoms with E-state index in [1.54, 1.807) is 0 Å². The third-order valence-corrected chi connectivity index (χ3v) is 2.29. The first-order valence-corrected chi connectivity index (χ1v) is 4.75. The van der Waals surface area contributed by atoms with Gasteiger partial charge in [0.05, 0.1) is 11.7 Å². The molecule has 2 rings (SSSR count). The minimum Gasteiger partial charge on any atom is -0.301 e. The Morgan fingerprint density at radius 1 is 1.38 bits per heavy atom. The predicted molar refractivity (Wildman–Crippen MR) is 53.9 cm³/mol. The van der Waals surface area contributed by atoms with Crippen LogP contribution in [0.1, 0.15) is 24.9 Å². The lowest BCUT2D eigenvalue weighted by molar-refractivity contribution is 0.820. The zero-order valence-electron chi connectivity index (χ0n) is 8.12. The number of imidazole rings is 1. The Kier molecular flexibility index (Phi) is 2.05. The van der Waals surface area contributed by atoms with E-state index in [2.05, 4.69) is 41.4 Å². The Morgan fingerprint density at radius 3 is 3.00 bits per heavy atom. The lowest BCUT2D eigenvalue weighted by atomic mass is 10.3. The normalized spacial score (nSPS) is 10.9. The SMILES string of the molecule is CCCc1ncc2cccc(C)n12. The highest BCUT2D eigenvalue weighted by Crippen LogP contribution is 2.11. The topological polar surface area (TPSA) is 17.3 Å². The van der Waals surface area contributed by atoms with E-state index in [-0.39, 0.29) is 0 Å². The maximum Gasteiger partial charge on any atom is 0.113 e. The molecule has 0 saturated heterocycles. The predicted octanol–water partition coefficient (Wildman–Crippen LogP) is 2.60. The largest absolute Gasteiger partial charge is 0.301 e. The van der Waals surface area contributed by atoms with Crippen molar-refractivity contribution in [2.45, 2.75) is 26.7 Å². The Bertz CT molecular complexity index is 415. The van der Waals surface area contributed by atoms with Crippen molar-refractivity contribution in [3.8, 4) is 0 Å². The second-order valence-electron chi connectivity index (χ2n) is 3.35. The summed E-state index contributed by atoms with van der Waals surface area (Å²) in [5, 5.41) is 0. The van der Waals surface area contributed by atoms with Gasteiger partial charge in [0.2, 0.25) is 0 Å². The van der Waals surface area contributed by atoms with Crippen molar-refractivity contribution in [1.29, 1.82) is 0 Å². The Morgan fingerprint density at radius 2 is 2.23 bits per heavy atom. The first kappa shape index (κ1) is 8.30. The van der Waals surface area contributed by atoms with E-state index in [4.69, 9.17) is 0 Å². The van der Waals surface area contributed by atoms with Crippen molar-refractivity contribution < 1.29 is 0 Å². The summed E-state index contributed by atoms with van der Waals surface area (Å²) in [7, 11) is 0. The van der Waals surface area contributed by atoms with Crippen LogP contribution in [0.2, 0.25) is 0 Å². The van der Waals surface area contributed by atoms with Crippen LogP contribution in [-0.2, 0) is 6.42 Å². The molecular formula is C11H14N2. The maximum atomic E-state index is 4.41. The molecule has 0 bridgehead atoms. The first-order chi connectivity index (χ1) is 6.33. The smallest absolute Gasteiger partial charge is 0.113 e. The minimum absolute atomic E-state index is 1.05. The van der Waals surface area contributed by atoms with Gasteiger partial charge in [-0.3, -0.25) is 0 Å². The van der Waals surface area contributed by atoms with Gasteiger partial charge in [-0.25, -0.2) is 4.98 Å². The summed E-state index contributed by atoms with van der Waals surface area (Å²) in [6.07, 6.45) is 4.14. The summed E-state index contributed by atoms with van der Waals surface area (Å²) >= 11 is 0. The molecule has 68 valence electrons. The van der Waals surface area contributed by atoms with Crippen molar-refractivity contribution in [1.82, 2.24) is 9.38 Å². The van der Waals surface area contributed by atoms with Gasteiger partial charge in [0.15, 0.2) is 0 Å². The number of aromatic nitrogens is 2. The van der Waals surface area contributed by atoms with E-state index in [1.807, 2.05) is 6.20 Å². The number of rotatable bonds is 2. The number of fused-ring (bicyclic) bond motifs is 1. The highest BCUT2D eigenvalue weighted by molar-refractivity contribution is 5.47. The molecule has 0 aliphatic carbocycles. The van der Waals surface area contributed by atoms with Gasteiger partial charge in [-0.2, -0.15) is 0 Å². The van der Waals surface area contributed by atoms with Crippen molar-refractivity contribution in [3.63, 3.8) is 0 Å². The molecule has 0 aromatic carbocycles. The summed E-state index contributed by atoms with van der Waals surface area (Å²) in [6, 6.07) is 6.29. The number of hydrogen-bond acceptors (Lipinski definition) is 1. The molecular weight excluding hydrogens is 160 g/mol. The van der Waals surface area contributed by atoms with Crippen LogP contribution < -0.4 is 0 Å². The molecule has 13 heavy (non-hydrogen) atoms. The van der Waals surface area contributed by atoms with Crippen LogP contribution in [0, 0.1) is 6.92 Å². The Labute approximate surface area is 78.2 Å². The number of hydrogen-bond donors (Lipinski definition) is 0. The summed E-state index contributed by atoms with van der Waals surface area (Å²) in [5.41, 5.74) is 2.46. The molecule has 0 saturated carbocycles. The van der Waals surface area contributed by atoms with Gasteiger partial charge < -0.3 is 4.40 Å². The van der Waals surface area contributed by atoms with Gasteiger partial charge in [0.1, 0.15) is 5.82 Å². The van der Waals surface area contributed by atoms with Crippen molar-refractivity contribution in [3.05, 3.63) is 35.9 Å². The number of pyridine rings is 1. The zero-order chi connectivity index (χ0) is 9.26. The van der Waals surface area contributed by atoms with Gasteiger partial charge >= 0.3 is 0 Å². The summed E-state index contributed by atoms with van der Waals surface area (Å²) in [5.74, 6) is 1.18. The fourth-order valence-electron chi connectivity index (χ4n) is 1.69. The Balaban J connectivity index is 2.64. The van der Waals surface area contributed by atoms with E-state index in [0.29, 0.717) is 0 Å². The third-order valence-electron chi connectivity index (χ3n) is 2.29. The highest BCUT2D eigenvalue weighted by atomic mass is 15.0. The van der Waals surface area contributed by atoms with Crippen LogP contribution in [0.25, 0.3) is 5.52 Å². The average Bonchev–Trinajstić information content (AvgIpc) is 2.51. The quantitative estimate of drug-likeness (QED) is 0.684. The zero-order valence-corrected chi connectivity index (χ0v) is 8.12. The van der Waals surface area contributed by atoms with Crippen molar-refractivity contribution in [2.75, 3.05) is 0 Å². The molecule has 2 aromatic heterocycles. The number of nitrogens with zero attached hydrogens (tertiary/aromatic N) is 2. The highest BCUT2D eigenvalue weighted by Gasteiger charge is 2.02. The second kappa shape index (κ2) is 3.21. The first-order valence-electron chi connectivity index (χ1n) is 4.75. The second-order valence-corrected chi connectivity index (χ2v) is 3.35. The molecule has 0 aliphatic rings. The van der Waals surface area contributed by atoms with Crippen LogP contribution in [0.3, 0.4) is 0 Å². The van der Waals surface area contributed by atoms with E-state index < -0.39 is 0 Å². The van der Waals surface area contributed by atoms with Gasteiger partial charge in [0.25, 0.3) is 0 Å². The number of aryl methyl sites for hydroxylation is 2. The van der Waals surface area contributed by atoms with E-state index in [1.165, 1.54) is 17.0 Å². The molecule has 0 atom stereocenters. The molecule has 0 spiro atoms. The molecule has 0 fully saturated rings. The fraction of sp³-hybridized carbons (Fsp3) is 0.364. The molecule has 2 aromatic rings. The third kappa shape index (κ3) is 1.32. The van der Waals surface area contributed by atoms with E-state index in [9.17, 15) is 0 Å².